The van der Waals surface area contributed by atoms with Gasteiger partial charge in [-0.25, -0.2) is 0 Å². The van der Waals surface area contributed by atoms with Crippen LogP contribution in [0.15, 0.2) is 35.1 Å². The van der Waals surface area contributed by atoms with Crippen LogP contribution in [0.1, 0.15) is 5.69 Å². The Morgan fingerprint density at radius 2 is 1.95 bits per heavy atom. The number of benzene rings is 1. The van der Waals surface area contributed by atoms with Gasteiger partial charge in [-0.2, -0.15) is 18.3 Å². The monoisotopic (exact) mass is 326 g/mol. The molecule has 3 aromatic rings. The summed E-state index contributed by atoms with van der Waals surface area (Å²) in [6.45, 7) is 0. The van der Waals surface area contributed by atoms with Crippen molar-refractivity contribution in [2.75, 3.05) is 0 Å². The molecule has 114 valence electrons. The molecule has 0 saturated carbocycles. The topological polar surface area (TPSA) is 55.1 Å². The van der Waals surface area contributed by atoms with E-state index in [2.05, 4.69) is 5.10 Å². The Kier molecular flexibility index (Phi) is 3.21. The third-order valence-corrected chi connectivity index (χ3v) is 4.07. The molecule has 0 radical (unpaired) electrons. The van der Waals surface area contributed by atoms with Crippen LogP contribution in [0.25, 0.3) is 21.3 Å². The maximum absolute atomic E-state index is 12.7. The average molecular weight is 326 g/mol. The summed E-state index contributed by atoms with van der Waals surface area (Å²) in [6.07, 6.45) is -4.52. The van der Waals surface area contributed by atoms with Gasteiger partial charge in [0.2, 0.25) is 4.74 Å². The molecule has 2 aromatic heterocycles. The minimum absolute atomic E-state index is 0.147. The van der Waals surface area contributed by atoms with E-state index in [9.17, 15) is 23.1 Å². The Bertz CT molecular complexity index is 928. The number of aromatic hydroxyl groups is 1. The third kappa shape index (κ3) is 2.45. The zero-order valence-electron chi connectivity index (χ0n) is 11.2. The van der Waals surface area contributed by atoms with E-state index in [-0.39, 0.29) is 16.2 Å². The van der Waals surface area contributed by atoms with Crippen molar-refractivity contribution in [1.82, 2.24) is 9.78 Å². The van der Waals surface area contributed by atoms with E-state index in [0.717, 1.165) is 28.2 Å². The lowest BCUT2D eigenvalue weighted by Gasteiger charge is -2.04. The summed E-state index contributed by atoms with van der Waals surface area (Å²) in [5.41, 5.74) is -0.217. The second-order valence-electron chi connectivity index (χ2n) is 4.70. The van der Waals surface area contributed by atoms with Crippen LogP contribution < -0.4 is 4.74 Å². The summed E-state index contributed by atoms with van der Waals surface area (Å²) in [7, 11) is 1.42. The third-order valence-electron chi connectivity index (χ3n) is 3.19. The van der Waals surface area contributed by atoms with Crippen LogP contribution in [-0.4, -0.2) is 14.9 Å². The molecule has 0 fully saturated rings. The minimum Gasteiger partial charge on any atom is -0.507 e. The summed E-state index contributed by atoms with van der Waals surface area (Å²) in [5.74, 6) is -0.147. The number of alkyl halides is 3. The first kappa shape index (κ1) is 14.6. The lowest BCUT2D eigenvalue weighted by molar-refractivity contribution is -0.141. The van der Waals surface area contributed by atoms with Gasteiger partial charge in [-0.05, 0) is 18.2 Å². The van der Waals surface area contributed by atoms with Crippen LogP contribution in [0.3, 0.4) is 0 Å². The number of rotatable bonds is 1. The van der Waals surface area contributed by atoms with Crippen molar-refractivity contribution in [3.63, 3.8) is 0 Å². The minimum atomic E-state index is -4.52. The van der Waals surface area contributed by atoms with Gasteiger partial charge >= 0.3 is 6.18 Å². The van der Waals surface area contributed by atoms with Gasteiger partial charge in [0.1, 0.15) is 5.75 Å². The molecule has 3 rings (SSSR count). The maximum Gasteiger partial charge on any atom is 0.435 e. The fourth-order valence-electron chi connectivity index (χ4n) is 2.18. The predicted octanol–water partition coefficient (Wildman–Crippen LogP) is 3.39. The van der Waals surface area contributed by atoms with E-state index in [1.807, 2.05) is 0 Å². The van der Waals surface area contributed by atoms with E-state index >= 15 is 0 Å². The number of nitrogens with zero attached hydrogens (tertiary/aromatic N) is 2. The summed E-state index contributed by atoms with van der Waals surface area (Å²) in [6, 6.07) is 6.77. The maximum atomic E-state index is 12.7. The highest BCUT2D eigenvalue weighted by molar-refractivity contribution is 7.16. The Balaban J connectivity index is 2.19. The molecule has 0 aliphatic heterocycles. The van der Waals surface area contributed by atoms with E-state index in [4.69, 9.17) is 0 Å². The first-order chi connectivity index (χ1) is 10.3. The van der Waals surface area contributed by atoms with Crippen LogP contribution >= 0.6 is 11.3 Å². The molecule has 2 heterocycles. The molecule has 0 aliphatic rings. The van der Waals surface area contributed by atoms with Gasteiger partial charge in [0.25, 0.3) is 0 Å². The molecule has 1 aromatic carbocycles. The van der Waals surface area contributed by atoms with Gasteiger partial charge in [-0.3, -0.25) is 9.48 Å². The first-order valence-electron chi connectivity index (χ1n) is 6.14. The Hall–Kier alpha value is -2.35. The van der Waals surface area contributed by atoms with E-state index in [1.54, 1.807) is 18.2 Å². The second-order valence-corrected chi connectivity index (χ2v) is 5.74. The van der Waals surface area contributed by atoms with Crippen LogP contribution in [0, 0.1) is 0 Å². The van der Waals surface area contributed by atoms with Crippen LogP contribution in [0.4, 0.5) is 13.2 Å². The van der Waals surface area contributed by atoms with Crippen LogP contribution in [-0.2, 0) is 13.2 Å². The van der Waals surface area contributed by atoms with E-state index < -0.39 is 11.9 Å². The number of fused-ring (bicyclic) bond motifs is 1. The zero-order chi connectivity index (χ0) is 16.1. The molecular formula is C14H9F3N2O2S. The van der Waals surface area contributed by atoms with Crippen molar-refractivity contribution < 1.29 is 18.3 Å². The molecule has 0 unspecified atom stereocenters. The quantitative estimate of drug-likeness (QED) is 0.746. The molecule has 0 saturated heterocycles. The molecule has 0 aliphatic carbocycles. The SMILES string of the molecule is Cn1nc(C(F)(F)F)cc1-c1ccc2c(O)cc(=O)sc2c1. The standard InChI is InChI=1S/C14H9F3N2O2S/c1-19-9(5-12(18-19)14(15,16)17)7-2-3-8-10(20)6-13(21)22-11(8)4-7/h2-6,20H,1H3. The number of aryl methyl sites for hydroxylation is 1. The van der Waals surface area contributed by atoms with Crippen molar-refractivity contribution in [3.8, 4) is 17.0 Å². The highest BCUT2D eigenvalue weighted by Crippen LogP contribution is 2.33. The number of hydrogen-bond acceptors (Lipinski definition) is 4. The van der Waals surface area contributed by atoms with Gasteiger partial charge in [0.15, 0.2) is 5.69 Å². The fraction of sp³-hybridized carbons (Fsp3) is 0.143. The predicted molar refractivity (Wildman–Crippen MR) is 77.0 cm³/mol. The van der Waals surface area contributed by atoms with Crippen molar-refractivity contribution in [3.05, 3.63) is 45.6 Å². The lowest BCUT2D eigenvalue weighted by atomic mass is 10.1. The fourth-order valence-corrected chi connectivity index (χ4v) is 3.04. The zero-order valence-corrected chi connectivity index (χ0v) is 12.0. The number of halogens is 3. The summed E-state index contributed by atoms with van der Waals surface area (Å²) >= 11 is 0.915. The molecule has 0 amide bonds. The molecule has 0 spiro atoms. The van der Waals surface area contributed by atoms with Crippen molar-refractivity contribution in [2.24, 2.45) is 7.05 Å². The molecule has 0 atom stereocenters. The van der Waals surface area contributed by atoms with Gasteiger partial charge in [-0.15, -0.1) is 0 Å². The van der Waals surface area contributed by atoms with Crippen molar-refractivity contribution >= 4 is 21.4 Å². The number of aromatic nitrogens is 2. The molecule has 8 heteroatoms. The largest absolute Gasteiger partial charge is 0.507 e. The molecule has 1 N–H and O–H groups in total. The summed E-state index contributed by atoms with van der Waals surface area (Å²) in [5, 5.41) is 13.7. The first-order valence-corrected chi connectivity index (χ1v) is 6.96. The second kappa shape index (κ2) is 4.84. The highest BCUT2D eigenvalue weighted by Gasteiger charge is 2.34. The number of hydrogen-bond donors (Lipinski definition) is 1. The average Bonchev–Trinajstić information content (AvgIpc) is 2.80. The van der Waals surface area contributed by atoms with Gasteiger partial charge in [-0.1, -0.05) is 17.4 Å². The molecule has 22 heavy (non-hydrogen) atoms. The normalized spacial score (nSPS) is 12.0. The lowest BCUT2D eigenvalue weighted by Crippen LogP contribution is -2.06. The van der Waals surface area contributed by atoms with Crippen molar-refractivity contribution in [1.29, 1.82) is 0 Å². The Labute approximate surface area is 126 Å². The van der Waals surface area contributed by atoms with Crippen molar-refractivity contribution in [2.45, 2.75) is 6.18 Å². The van der Waals surface area contributed by atoms with E-state index in [0.29, 0.717) is 15.6 Å². The summed E-state index contributed by atoms with van der Waals surface area (Å²) < 4.78 is 39.4. The Morgan fingerprint density at radius 1 is 1.23 bits per heavy atom. The highest BCUT2D eigenvalue weighted by atomic mass is 32.1. The Morgan fingerprint density at radius 3 is 2.59 bits per heavy atom. The van der Waals surface area contributed by atoms with Crippen LogP contribution in [0.5, 0.6) is 5.75 Å². The van der Waals surface area contributed by atoms with Gasteiger partial charge in [0.05, 0.1) is 5.69 Å². The molecule has 4 nitrogen and oxygen atoms in total. The van der Waals surface area contributed by atoms with Gasteiger partial charge in [0, 0.05) is 28.8 Å². The van der Waals surface area contributed by atoms with Gasteiger partial charge < -0.3 is 5.11 Å². The van der Waals surface area contributed by atoms with Crippen LogP contribution in [0.2, 0.25) is 0 Å². The molecular weight excluding hydrogens is 317 g/mol. The molecule has 0 bridgehead atoms. The van der Waals surface area contributed by atoms with E-state index in [1.165, 1.54) is 7.05 Å². The summed E-state index contributed by atoms with van der Waals surface area (Å²) in [4.78, 5) is 11.4. The smallest absolute Gasteiger partial charge is 0.435 e.